The van der Waals surface area contributed by atoms with Crippen molar-refractivity contribution < 1.29 is 4.79 Å². The van der Waals surface area contributed by atoms with Crippen molar-refractivity contribution in [2.75, 3.05) is 4.90 Å². The highest BCUT2D eigenvalue weighted by atomic mass is 35.5. The molecule has 4 heteroatoms. The molecule has 1 aromatic heterocycles. The molecule has 3 nitrogen and oxygen atoms in total. The number of nitrogens with zero attached hydrogens (tertiary/aromatic N) is 2. The van der Waals surface area contributed by atoms with E-state index in [1.54, 1.807) is 41.6 Å². The Bertz CT molecular complexity index is 566. The minimum Gasteiger partial charge on any atom is -0.304 e. The minimum atomic E-state index is -0.161. The number of pyridine rings is 1. The van der Waals surface area contributed by atoms with Gasteiger partial charge in [0.15, 0.2) is 0 Å². The highest BCUT2D eigenvalue weighted by Crippen LogP contribution is 2.20. The van der Waals surface area contributed by atoms with Crippen LogP contribution in [0.25, 0.3) is 0 Å². The van der Waals surface area contributed by atoms with Crippen molar-refractivity contribution in [2.45, 2.75) is 6.54 Å². The number of hydrogen-bond acceptors (Lipinski definition) is 2. The number of carbonyl (C=O) groups excluding carboxylic acids is 1. The summed E-state index contributed by atoms with van der Waals surface area (Å²) in [6.07, 6.45) is 4.73. The molecule has 2 rings (SSSR count). The standard InChI is InChI=1S/C15H13ClN2O/c1-2-15(19)18(11-12-4-3-9-17-10-12)14-7-5-13(16)6-8-14/h2-10H,1,11H2. The monoisotopic (exact) mass is 272 g/mol. The number of rotatable bonds is 4. The summed E-state index contributed by atoms with van der Waals surface area (Å²) in [6, 6.07) is 10.9. The van der Waals surface area contributed by atoms with E-state index in [0.717, 1.165) is 11.3 Å². The molecule has 2 aromatic rings. The summed E-state index contributed by atoms with van der Waals surface area (Å²) >= 11 is 5.86. The first-order chi connectivity index (χ1) is 9.20. The molecular formula is C15H13ClN2O. The number of anilines is 1. The maximum Gasteiger partial charge on any atom is 0.250 e. The Morgan fingerprint density at radius 1 is 1.32 bits per heavy atom. The summed E-state index contributed by atoms with van der Waals surface area (Å²) in [5.41, 5.74) is 1.73. The zero-order chi connectivity index (χ0) is 13.7. The zero-order valence-electron chi connectivity index (χ0n) is 10.3. The lowest BCUT2D eigenvalue weighted by Gasteiger charge is -2.21. The Morgan fingerprint density at radius 2 is 2.05 bits per heavy atom. The van der Waals surface area contributed by atoms with Gasteiger partial charge in [-0.05, 0) is 42.0 Å². The van der Waals surface area contributed by atoms with Crippen molar-refractivity contribution in [3.63, 3.8) is 0 Å². The van der Waals surface area contributed by atoms with Crippen LogP contribution in [0.3, 0.4) is 0 Å². The molecule has 0 aliphatic rings. The van der Waals surface area contributed by atoms with E-state index >= 15 is 0 Å². The predicted molar refractivity (Wildman–Crippen MR) is 77.1 cm³/mol. The minimum absolute atomic E-state index is 0.161. The van der Waals surface area contributed by atoms with Gasteiger partial charge < -0.3 is 4.90 Å². The Hall–Kier alpha value is -2.13. The Labute approximate surface area is 117 Å². The van der Waals surface area contributed by atoms with Gasteiger partial charge in [-0.25, -0.2) is 0 Å². The van der Waals surface area contributed by atoms with E-state index in [9.17, 15) is 4.79 Å². The van der Waals surface area contributed by atoms with Crippen molar-refractivity contribution in [2.24, 2.45) is 0 Å². The van der Waals surface area contributed by atoms with Crippen molar-refractivity contribution in [3.8, 4) is 0 Å². The second-order valence-corrected chi connectivity index (χ2v) is 4.40. The van der Waals surface area contributed by atoms with Crippen LogP contribution in [-0.2, 0) is 11.3 Å². The van der Waals surface area contributed by atoms with Crippen LogP contribution in [0.15, 0.2) is 61.4 Å². The fourth-order valence-electron chi connectivity index (χ4n) is 1.70. The van der Waals surface area contributed by atoms with Crippen LogP contribution in [0.1, 0.15) is 5.56 Å². The van der Waals surface area contributed by atoms with Crippen molar-refractivity contribution in [1.82, 2.24) is 4.98 Å². The number of amides is 1. The average Bonchev–Trinajstić information content (AvgIpc) is 2.46. The third kappa shape index (κ3) is 3.42. The van der Waals surface area contributed by atoms with Gasteiger partial charge in [-0.1, -0.05) is 24.2 Å². The number of benzene rings is 1. The van der Waals surface area contributed by atoms with E-state index in [4.69, 9.17) is 11.6 Å². The quantitative estimate of drug-likeness (QED) is 0.799. The topological polar surface area (TPSA) is 33.2 Å². The second kappa shape index (κ2) is 6.16. The van der Waals surface area contributed by atoms with E-state index in [1.165, 1.54) is 6.08 Å². The molecule has 0 aliphatic carbocycles. The van der Waals surface area contributed by atoms with Gasteiger partial charge in [0.05, 0.1) is 6.54 Å². The number of aromatic nitrogens is 1. The second-order valence-electron chi connectivity index (χ2n) is 3.97. The molecule has 0 unspecified atom stereocenters. The van der Waals surface area contributed by atoms with E-state index in [-0.39, 0.29) is 5.91 Å². The first-order valence-electron chi connectivity index (χ1n) is 5.79. The van der Waals surface area contributed by atoms with E-state index < -0.39 is 0 Å². The molecule has 0 fully saturated rings. The maximum atomic E-state index is 12.0. The normalized spacial score (nSPS) is 9.95. The van der Waals surface area contributed by atoms with Crippen molar-refractivity contribution in [1.29, 1.82) is 0 Å². The molecule has 0 aliphatic heterocycles. The van der Waals surface area contributed by atoms with Crippen LogP contribution < -0.4 is 4.90 Å². The molecule has 1 aromatic carbocycles. The smallest absolute Gasteiger partial charge is 0.250 e. The van der Waals surface area contributed by atoms with Crippen LogP contribution >= 0.6 is 11.6 Å². The molecule has 19 heavy (non-hydrogen) atoms. The van der Waals surface area contributed by atoms with Gasteiger partial charge in [-0.3, -0.25) is 9.78 Å². The molecule has 0 radical (unpaired) electrons. The predicted octanol–water partition coefficient (Wildman–Crippen LogP) is 3.45. The lowest BCUT2D eigenvalue weighted by Crippen LogP contribution is -2.28. The lowest BCUT2D eigenvalue weighted by molar-refractivity contribution is -0.114. The highest BCUT2D eigenvalue weighted by molar-refractivity contribution is 6.30. The van der Waals surface area contributed by atoms with Gasteiger partial charge in [0.1, 0.15) is 0 Å². The Morgan fingerprint density at radius 3 is 2.63 bits per heavy atom. The van der Waals surface area contributed by atoms with E-state index in [1.807, 2.05) is 12.1 Å². The Balaban J connectivity index is 2.28. The molecule has 1 amide bonds. The van der Waals surface area contributed by atoms with Gasteiger partial charge in [-0.2, -0.15) is 0 Å². The molecule has 1 heterocycles. The summed E-state index contributed by atoms with van der Waals surface area (Å²) < 4.78 is 0. The number of carbonyl (C=O) groups is 1. The van der Waals surface area contributed by atoms with Gasteiger partial charge in [-0.15, -0.1) is 0 Å². The third-order valence-corrected chi connectivity index (χ3v) is 2.89. The summed E-state index contributed by atoms with van der Waals surface area (Å²) in [6.45, 7) is 3.98. The molecule has 96 valence electrons. The fraction of sp³-hybridized carbons (Fsp3) is 0.0667. The molecule has 0 spiro atoms. The van der Waals surface area contributed by atoms with Crippen LogP contribution in [0.2, 0.25) is 5.02 Å². The van der Waals surface area contributed by atoms with Gasteiger partial charge in [0.2, 0.25) is 0 Å². The maximum absolute atomic E-state index is 12.0. The molecule has 0 atom stereocenters. The summed E-state index contributed by atoms with van der Waals surface area (Å²) in [5.74, 6) is -0.161. The fourth-order valence-corrected chi connectivity index (χ4v) is 1.83. The lowest BCUT2D eigenvalue weighted by atomic mass is 10.2. The van der Waals surface area contributed by atoms with Crippen LogP contribution in [0.4, 0.5) is 5.69 Å². The van der Waals surface area contributed by atoms with E-state index in [2.05, 4.69) is 11.6 Å². The average molecular weight is 273 g/mol. The summed E-state index contributed by atoms with van der Waals surface area (Å²) in [4.78, 5) is 17.6. The molecule has 0 bridgehead atoms. The molecule has 0 saturated heterocycles. The SMILES string of the molecule is C=CC(=O)N(Cc1cccnc1)c1ccc(Cl)cc1. The van der Waals surface area contributed by atoms with Crippen LogP contribution in [0, 0.1) is 0 Å². The molecular weight excluding hydrogens is 260 g/mol. The Kier molecular flexibility index (Phi) is 4.31. The van der Waals surface area contributed by atoms with Crippen LogP contribution in [-0.4, -0.2) is 10.9 Å². The first kappa shape index (κ1) is 13.3. The van der Waals surface area contributed by atoms with Crippen LogP contribution in [0.5, 0.6) is 0 Å². The largest absolute Gasteiger partial charge is 0.304 e. The van der Waals surface area contributed by atoms with Gasteiger partial charge >= 0.3 is 0 Å². The van der Waals surface area contributed by atoms with E-state index in [0.29, 0.717) is 11.6 Å². The van der Waals surface area contributed by atoms with Gasteiger partial charge in [0.25, 0.3) is 5.91 Å². The summed E-state index contributed by atoms with van der Waals surface area (Å²) in [5, 5.41) is 0.635. The molecule has 0 N–H and O–H groups in total. The van der Waals surface area contributed by atoms with Crippen molar-refractivity contribution >= 4 is 23.2 Å². The highest BCUT2D eigenvalue weighted by Gasteiger charge is 2.13. The zero-order valence-corrected chi connectivity index (χ0v) is 11.0. The molecule has 0 saturated carbocycles. The van der Waals surface area contributed by atoms with Gasteiger partial charge in [0, 0.05) is 23.1 Å². The number of halogens is 1. The third-order valence-electron chi connectivity index (χ3n) is 2.64. The van der Waals surface area contributed by atoms with Crippen molar-refractivity contribution in [3.05, 3.63) is 72.0 Å². The number of hydrogen-bond donors (Lipinski definition) is 0. The first-order valence-corrected chi connectivity index (χ1v) is 6.17. The summed E-state index contributed by atoms with van der Waals surface area (Å²) in [7, 11) is 0.